The summed E-state index contributed by atoms with van der Waals surface area (Å²) in [5.41, 5.74) is 2.70. The first kappa shape index (κ1) is 29.3. The van der Waals surface area contributed by atoms with Gasteiger partial charge in [0, 0.05) is 27.1 Å². The van der Waals surface area contributed by atoms with E-state index in [-0.39, 0.29) is 12.2 Å². The zero-order chi connectivity index (χ0) is 30.1. The van der Waals surface area contributed by atoms with Gasteiger partial charge in [-0.1, -0.05) is 77.0 Å². The highest BCUT2D eigenvalue weighted by Gasteiger charge is 2.35. The minimum atomic E-state index is -0.747. The summed E-state index contributed by atoms with van der Waals surface area (Å²) >= 11 is 15.3. The van der Waals surface area contributed by atoms with Gasteiger partial charge in [0.25, 0.3) is 5.56 Å². The van der Waals surface area contributed by atoms with Crippen molar-refractivity contribution in [2.75, 3.05) is 12.9 Å². The minimum absolute atomic E-state index is 0.186. The lowest BCUT2D eigenvalue weighted by molar-refractivity contribution is -0.138. The highest BCUT2D eigenvalue weighted by atomic mass is 35.5. The second kappa shape index (κ2) is 12.4. The molecule has 0 aliphatic carbocycles. The van der Waals surface area contributed by atoms with E-state index in [2.05, 4.69) is 0 Å². The molecule has 0 saturated carbocycles. The maximum Gasteiger partial charge on any atom is 0.338 e. The summed E-state index contributed by atoms with van der Waals surface area (Å²) in [5.74, 6) is 0.498. The van der Waals surface area contributed by atoms with E-state index >= 15 is 0 Å². The summed E-state index contributed by atoms with van der Waals surface area (Å²) in [6.45, 7) is 1.94. The number of fused-ring (bicyclic) bond motifs is 1. The number of nitrogens with zero attached hydrogens (tertiary/aromatic N) is 2. The van der Waals surface area contributed by atoms with Gasteiger partial charge in [-0.05, 0) is 61.2 Å². The number of aromatic nitrogens is 1. The molecule has 216 valence electrons. The largest absolute Gasteiger partial charge is 0.463 e. The molecular formula is C33H24Cl2N2O4S2. The van der Waals surface area contributed by atoms with Crippen LogP contribution in [0.1, 0.15) is 29.9 Å². The zero-order valence-electron chi connectivity index (χ0n) is 23.0. The van der Waals surface area contributed by atoms with Crippen LogP contribution in [0.4, 0.5) is 0 Å². The molecule has 2 aromatic heterocycles. The third kappa shape index (κ3) is 5.76. The van der Waals surface area contributed by atoms with Crippen LogP contribution in [0, 0.1) is 0 Å². The van der Waals surface area contributed by atoms with E-state index < -0.39 is 12.0 Å². The Labute approximate surface area is 265 Å². The average Bonchev–Trinajstić information content (AvgIpc) is 3.60. The van der Waals surface area contributed by atoms with Crippen LogP contribution in [-0.4, -0.2) is 23.4 Å². The molecule has 0 fully saturated rings. The molecule has 0 amide bonds. The molecule has 0 bridgehead atoms. The number of carbonyl (C=O) groups excluding carboxylic acids is 1. The fourth-order valence-corrected chi connectivity index (χ4v) is 6.83. The van der Waals surface area contributed by atoms with Crippen molar-refractivity contribution in [2.45, 2.75) is 17.9 Å². The van der Waals surface area contributed by atoms with Gasteiger partial charge in [-0.15, -0.1) is 11.8 Å². The number of rotatable bonds is 7. The lowest BCUT2D eigenvalue weighted by Crippen LogP contribution is -2.40. The molecule has 6 nitrogen and oxygen atoms in total. The summed E-state index contributed by atoms with van der Waals surface area (Å²) in [6.07, 6.45) is 3.68. The van der Waals surface area contributed by atoms with Crippen molar-refractivity contribution in [1.82, 2.24) is 4.57 Å². The van der Waals surface area contributed by atoms with Crippen LogP contribution in [0.2, 0.25) is 10.0 Å². The molecule has 6 rings (SSSR count). The second-order valence-corrected chi connectivity index (χ2v) is 12.3. The number of ether oxygens (including phenoxy) is 1. The Morgan fingerprint density at radius 1 is 1.07 bits per heavy atom. The first-order valence-electron chi connectivity index (χ1n) is 13.4. The predicted octanol–water partition coefficient (Wildman–Crippen LogP) is 7.22. The Bertz CT molecular complexity index is 2040. The van der Waals surface area contributed by atoms with Crippen LogP contribution < -0.4 is 14.9 Å². The predicted molar refractivity (Wildman–Crippen MR) is 173 cm³/mol. The number of benzene rings is 3. The first-order chi connectivity index (χ1) is 20.9. The van der Waals surface area contributed by atoms with E-state index in [4.69, 9.17) is 37.3 Å². The van der Waals surface area contributed by atoms with Gasteiger partial charge < -0.3 is 9.15 Å². The number of halogens is 2. The highest BCUT2D eigenvalue weighted by Crippen LogP contribution is 2.36. The summed E-state index contributed by atoms with van der Waals surface area (Å²) in [6, 6.07) is 25.3. The van der Waals surface area contributed by atoms with Crippen molar-refractivity contribution in [2.24, 2.45) is 4.99 Å². The lowest BCUT2D eigenvalue weighted by atomic mass is 9.93. The monoisotopic (exact) mass is 646 g/mol. The fourth-order valence-electron chi connectivity index (χ4n) is 4.94. The molecule has 0 radical (unpaired) electrons. The van der Waals surface area contributed by atoms with Gasteiger partial charge in [-0.3, -0.25) is 9.36 Å². The smallest absolute Gasteiger partial charge is 0.338 e. The summed E-state index contributed by atoms with van der Waals surface area (Å²) in [7, 11) is 0. The van der Waals surface area contributed by atoms with Crippen molar-refractivity contribution in [1.29, 1.82) is 0 Å². The van der Waals surface area contributed by atoms with E-state index in [1.54, 1.807) is 59.7 Å². The van der Waals surface area contributed by atoms with Gasteiger partial charge in [0.2, 0.25) is 0 Å². The van der Waals surface area contributed by atoms with E-state index in [9.17, 15) is 9.59 Å². The lowest BCUT2D eigenvalue weighted by Gasteiger charge is -2.26. The van der Waals surface area contributed by atoms with Crippen LogP contribution in [0.25, 0.3) is 23.1 Å². The van der Waals surface area contributed by atoms with E-state index in [0.29, 0.717) is 47.7 Å². The van der Waals surface area contributed by atoms with Gasteiger partial charge >= 0.3 is 5.97 Å². The quantitative estimate of drug-likeness (QED) is 0.138. The van der Waals surface area contributed by atoms with E-state index in [1.165, 1.54) is 11.3 Å². The Morgan fingerprint density at radius 3 is 2.53 bits per heavy atom. The molecule has 5 aromatic rings. The normalized spacial score (nSPS) is 14.9. The molecule has 3 aromatic carbocycles. The fraction of sp³-hybridized carbons (Fsp3) is 0.121. The summed E-state index contributed by atoms with van der Waals surface area (Å²) in [4.78, 5) is 34.1. The summed E-state index contributed by atoms with van der Waals surface area (Å²) in [5, 5.41) is 0.983. The molecule has 1 atom stereocenters. The van der Waals surface area contributed by atoms with Crippen LogP contribution in [0.3, 0.4) is 0 Å². The maximum atomic E-state index is 14.1. The third-order valence-corrected chi connectivity index (χ3v) is 9.18. The standard InChI is InChI=1S/C33H24Cl2N2O4S2/c1-3-40-32(39)28-29(19-7-5-4-6-8-19)36-33-37(30(28)20-9-13-23(42-2)14-10-20)31(38)27(43-33)18-22-12-16-26(41-22)24-15-11-21(34)17-25(24)35/h4-18,30H,3H2,1-2H3/b27-18-/t30-/m1/s1. The van der Waals surface area contributed by atoms with Crippen LogP contribution >= 0.6 is 46.3 Å². The van der Waals surface area contributed by atoms with Crippen molar-refractivity contribution in [3.05, 3.63) is 137 Å². The topological polar surface area (TPSA) is 73.8 Å². The molecule has 3 heterocycles. The molecule has 0 unspecified atom stereocenters. The van der Waals surface area contributed by atoms with Gasteiger partial charge in [0.05, 0.1) is 33.5 Å². The Hall–Kier alpha value is -3.82. The molecule has 1 aliphatic heterocycles. The zero-order valence-corrected chi connectivity index (χ0v) is 26.2. The average molecular weight is 648 g/mol. The third-order valence-electron chi connectivity index (χ3n) is 6.90. The molecule has 0 spiro atoms. The SMILES string of the molecule is CCOC(=O)C1=C(c2ccccc2)N=c2s/c(=C\c3ccc(-c4ccc(Cl)cc4Cl)o3)c(=O)n2[C@@H]1c1ccc(SC)cc1. The minimum Gasteiger partial charge on any atom is -0.463 e. The molecule has 1 aliphatic rings. The van der Waals surface area contributed by atoms with Crippen molar-refractivity contribution in [3.63, 3.8) is 0 Å². The Morgan fingerprint density at radius 2 is 1.84 bits per heavy atom. The van der Waals surface area contributed by atoms with Crippen molar-refractivity contribution in [3.8, 4) is 11.3 Å². The number of hydrogen-bond donors (Lipinski definition) is 0. The first-order valence-corrected chi connectivity index (χ1v) is 16.2. The second-order valence-electron chi connectivity index (χ2n) is 9.53. The van der Waals surface area contributed by atoms with Gasteiger partial charge in [-0.25, -0.2) is 9.79 Å². The molecule has 0 N–H and O–H groups in total. The van der Waals surface area contributed by atoms with Crippen LogP contribution in [0.5, 0.6) is 0 Å². The number of furan rings is 1. The molecule has 10 heteroatoms. The highest BCUT2D eigenvalue weighted by molar-refractivity contribution is 7.98. The number of thioether (sulfide) groups is 1. The van der Waals surface area contributed by atoms with Crippen molar-refractivity contribution >= 4 is 64.0 Å². The number of thiazole rings is 1. The van der Waals surface area contributed by atoms with Gasteiger partial charge in [0.1, 0.15) is 11.5 Å². The van der Waals surface area contributed by atoms with Crippen molar-refractivity contribution < 1.29 is 13.9 Å². The Kier molecular flexibility index (Phi) is 8.45. The van der Waals surface area contributed by atoms with E-state index in [0.717, 1.165) is 16.0 Å². The van der Waals surface area contributed by atoms with Crippen LogP contribution in [-0.2, 0) is 9.53 Å². The number of carbonyl (C=O) groups is 1. The number of esters is 1. The Balaban J connectivity index is 1.55. The van der Waals surface area contributed by atoms with Gasteiger partial charge in [0.15, 0.2) is 4.80 Å². The molecule has 0 saturated heterocycles. The molecular weight excluding hydrogens is 623 g/mol. The number of hydrogen-bond acceptors (Lipinski definition) is 7. The van der Waals surface area contributed by atoms with Crippen LogP contribution in [0.15, 0.2) is 110 Å². The maximum absolute atomic E-state index is 14.1. The molecule has 43 heavy (non-hydrogen) atoms. The van der Waals surface area contributed by atoms with Gasteiger partial charge in [-0.2, -0.15) is 0 Å². The summed E-state index contributed by atoms with van der Waals surface area (Å²) < 4.78 is 13.6. The van der Waals surface area contributed by atoms with E-state index in [1.807, 2.05) is 60.9 Å².